The van der Waals surface area contributed by atoms with E-state index in [-0.39, 0.29) is 6.61 Å². The number of hydrogen-bond acceptors (Lipinski definition) is 7. The minimum atomic E-state index is 0.252. The number of anilines is 3. The lowest BCUT2D eigenvalue weighted by Crippen LogP contribution is -2.25. The maximum Gasteiger partial charge on any atom is 0.231 e. The average Bonchev–Trinajstić information content (AvgIpc) is 2.48. The Hall–Kier alpha value is -1.63. The van der Waals surface area contributed by atoms with Crippen molar-refractivity contribution in [3.8, 4) is 0 Å². The molecule has 1 aromatic rings. The van der Waals surface area contributed by atoms with Crippen molar-refractivity contribution in [2.45, 2.75) is 33.1 Å². The van der Waals surface area contributed by atoms with Crippen LogP contribution in [0.5, 0.6) is 0 Å². The van der Waals surface area contributed by atoms with E-state index in [1.54, 1.807) is 7.05 Å². The van der Waals surface area contributed by atoms with Gasteiger partial charge in [0.15, 0.2) is 0 Å². The van der Waals surface area contributed by atoms with Gasteiger partial charge in [0.25, 0.3) is 0 Å². The summed E-state index contributed by atoms with van der Waals surface area (Å²) in [6.45, 7) is 6.93. The molecule has 7 nitrogen and oxygen atoms in total. The lowest BCUT2D eigenvalue weighted by Gasteiger charge is -2.19. The van der Waals surface area contributed by atoms with E-state index in [1.165, 1.54) is 0 Å². The summed E-state index contributed by atoms with van der Waals surface area (Å²) in [6, 6.07) is 0. The van der Waals surface area contributed by atoms with Gasteiger partial charge in [-0.1, -0.05) is 0 Å². The maximum atomic E-state index is 8.74. The van der Waals surface area contributed by atoms with Crippen molar-refractivity contribution in [2.24, 2.45) is 0 Å². The van der Waals surface area contributed by atoms with Crippen LogP contribution in [-0.2, 0) is 0 Å². The van der Waals surface area contributed by atoms with Crippen molar-refractivity contribution in [1.29, 1.82) is 0 Å². The molecular formula is C13H26N6O. The average molecular weight is 282 g/mol. The molecule has 0 saturated carbocycles. The van der Waals surface area contributed by atoms with Crippen LogP contribution in [0.4, 0.5) is 17.8 Å². The van der Waals surface area contributed by atoms with E-state index in [9.17, 15) is 0 Å². The Labute approximate surface area is 120 Å². The molecule has 0 unspecified atom stereocenters. The van der Waals surface area contributed by atoms with Crippen LogP contribution in [0.15, 0.2) is 0 Å². The molecule has 0 saturated heterocycles. The Bertz CT molecular complexity index is 383. The molecule has 1 rings (SSSR count). The molecule has 3 N–H and O–H groups in total. The minimum absolute atomic E-state index is 0.252. The van der Waals surface area contributed by atoms with Gasteiger partial charge in [0.1, 0.15) is 0 Å². The highest BCUT2D eigenvalue weighted by atomic mass is 16.2. The van der Waals surface area contributed by atoms with Gasteiger partial charge in [0, 0.05) is 33.3 Å². The summed E-state index contributed by atoms with van der Waals surface area (Å²) in [4.78, 5) is 15.2. The van der Waals surface area contributed by atoms with E-state index >= 15 is 0 Å². The molecule has 0 fully saturated rings. The Balaban J connectivity index is 2.67. The first-order valence-corrected chi connectivity index (χ1v) is 7.28. The van der Waals surface area contributed by atoms with Crippen molar-refractivity contribution in [1.82, 2.24) is 15.0 Å². The quantitative estimate of drug-likeness (QED) is 0.558. The fraction of sp³-hybridized carbons (Fsp3) is 0.769. The topological polar surface area (TPSA) is 86.2 Å². The van der Waals surface area contributed by atoms with Crippen LogP contribution in [0.25, 0.3) is 0 Å². The fourth-order valence-electron chi connectivity index (χ4n) is 1.82. The summed E-state index contributed by atoms with van der Waals surface area (Å²) in [5.41, 5.74) is 0. The maximum absolute atomic E-state index is 8.74. The molecule has 1 aromatic heterocycles. The van der Waals surface area contributed by atoms with E-state index in [1.807, 2.05) is 0 Å². The normalized spacial score (nSPS) is 10.4. The molecule has 0 bridgehead atoms. The van der Waals surface area contributed by atoms with Gasteiger partial charge in [-0.25, -0.2) is 0 Å². The zero-order valence-corrected chi connectivity index (χ0v) is 12.7. The Morgan fingerprint density at radius 3 is 2.30 bits per heavy atom. The van der Waals surface area contributed by atoms with E-state index in [4.69, 9.17) is 5.11 Å². The number of aliphatic hydroxyl groups is 1. The second-order valence-corrected chi connectivity index (χ2v) is 4.42. The molecule has 20 heavy (non-hydrogen) atoms. The van der Waals surface area contributed by atoms with Gasteiger partial charge in [-0.2, -0.15) is 15.0 Å². The number of unbranched alkanes of at least 4 members (excludes halogenated alkanes) is 2. The molecule has 114 valence electrons. The van der Waals surface area contributed by atoms with E-state index in [0.29, 0.717) is 17.8 Å². The molecule has 7 heteroatoms. The summed E-state index contributed by atoms with van der Waals surface area (Å²) in [5, 5.41) is 14.9. The van der Waals surface area contributed by atoms with Crippen molar-refractivity contribution < 1.29 is 5.11 Å². The molecule has 0 aliphatic carbocycles. The molecule has 0 aromatic carbocycles. The molecular weight excluding hydrogens is 256 g/mol. The fourth-order valence-corrected chi connectivity index (χ4v) is 1.82. The van der Waals surface area contributed by atoms with E-state index in [2.05, 4.69) is 44.3 Å². The Morgan fingerprint density at radius 1 is 1.00 bits per heavy atom. The number of aliphatic hydroxyl groups excluding tert-OH is 1. The molecule has 1 heterocycles. The van der Waals surface area contributed by atoms with Crippen molar-refractivity contribution in [3.05, 3.63) is 0 Å². The highest BCUT2D eigenvalue weighted by Gasteiger charge is 2.10. The number of aromatic nitrogens is 3. The standard InChI is InChI=1S/C13H26N6O/c1-4-19(5-2)13-17-11(14-3)16-12(18-13)15-9-7-6-8-10-20/h20H,4-10H2,1-3H3,(H2,14,15,16,17,18). The smallest absolute Gasteiger partial charge is 0.231 e. The van der Waals surface area contributed by atoms with Crippen molar-refractivity contribution >= 4 is 17.8 Å². The number of hydrogen-bond donors (Lipinski definition) is 3. The summed E-state index contributed by atoms with van der Waals surface area (Å²) in [5.74, 6) is 1.85. The van der Waals surface area contributed by atoms with Gasteiger partial charge in [0.2, 0.25) is 17.8 Å². The minimum Gasteiger partial charge on any atom is -0.396 e. The van der Waals surface area contributed by atoms with Gasteiger partial charge in [0.05, 0.1) is 0 Å². The third kappa shape index (κ3) is 5.16. The second-order valence-electron chi connectivity index (χ2n) is 4.42. The first-order chi connectivity index (χ1) is 9.74. The van der Waals surface area contributed by atoms with Crippen LogP contribution in [-0.4, -0.2) is 53.3 Å². The van der Waals surface area contributed by atoms with Gasteiger partial charge in [-0.05, 0) is 33.1 Å². The van der Waals surface area contributed by atoms with E-state index in [0.717, 1.165) is 38.9 Å². The van der Waals surface area contributed by atoms with Crippen LogP contribution < -0.4 is 15.5 Å². The van der Waals surface area contributed by atoms with Crippen LogP contribution in [0.2, 0.25) is 0 Å². The third-order valence-corrected chi connectivity index (χ3v) is 3.01. The van der Waals surface area contributed by atoms with Crippen LogP contribution in [0.1, 0.15) is 33.1 Å². The second kappa shape index (κ2) is 9.30. The lowest BCUT2D eigenvalue weighted by molar-refractivity contribution is 0.283. The molecule has 0 amide bonds. The Morgan fingerprint density at radius 2 is 1.70 bits per heavy atom. The van der Waals surface area contributed by atoms with Gasteiger partial charge in [-0.15, -0.1) is 0 Å². The van der Waals surface area contributed by atoms with Crippen LogP contribution in [0.3, 0.4) is 0 Å². The zero-order valence-electron chi connectivity index (χ0n) is 12.7. The zero-order chi connectivity index (χ0) is 14.8. The lowest BCUT2D eigenvalue weighted by atomic mass is 10.2. The molecule has 0 aliphatic rings. The number of nitrogens with zero attached hydrogens (tertiary/aromatic N) is 4. The largest absolute Gasteiger partial charge is 0.396 e. The summed E-state index contributed by atoms with van der Waals surface area (Å²) >= 11 is 0. The predicted molar refractivity (Wildman–Crippen MR) is 82.4 cm³/mol. The summed E-state index contributed by atoms with van der Waals surface area (Å²) < 4.78 is 0. The van der Waals surface area contributed by atoms with Crippen molar-refractivity contribution in [3.63, 3.8) is 0 Å². The Kier molecular flexibility index (Phi) is 7.64. The SMILES string of the molecule is CCN(CC)c1nc(NC)nc(NCCCCCO)n1. The number of nitrogens with one attached hydrogen (secondary N) is 2. The highest BCUT2D eigenvalue weighted by Crippen LogP contribution is 2.13. The van der Waals surface area contributed by atoms with Crippen LogP contribution >= 0.6 is 0 Å². The van der Waals surface area contributed by atoms with E-state index < -0.39 is 0 Å². The first kappa shape index (κ1) is 16.4. The van der Waals surface area contributed by atoms with Crippen LogP contribution in [0, 0.1) is 0 Å². The number of rotatable bonds is 10. The highest BCUT2D eigenvalue weighted by molar-refractivity contribution is 5.43. The molecule has 0 spiro atoms. The summed E-state index contributed by atoms with van der Waals surface area (Å²) in [7, 11) is 1.80. The monoisotopic (exact) mass is 282 g/mol. The summed E-state index contributed by atoms with van der Waals surface area (Å²) in [6.07, 6.45) is 2.82. The first-order valence-electron chi connectivity index (χ1n) is 7.28. The molecule has 0 aliphatic heterocycles. The van der Waals surface area contributed by atoms with Gasteiger partial charge in [-0.3, -0.25) is 0 Å². The van der Waals surface area contributed by atoms with Crippen molar-refractivity contribution in [2.75, 3.05) is 48.8 Å². The molecule has 0 radical (unpaired) electrons. The van der Waals surface area contributed by atoms with Gasteiger partial charge >= 0.3 is 0 Å². The predicted octanol–water partition coefficient (Wildman–Crippen LogP) is 1.33. The third-order valence-electron chi connectivity index (χ3n) is 3.01. The van der Waals surface area contributed by atoms with Gasteiger partial charge < -0.3 is 20.6 Å². The molecule has 0 atom stereocenters.